The fraction of sp³-hybridized carbons (Fsp3) is 0.444. The molecule has 0 saturated carbocycles. The van der Waals surface area contributed by atoms with Gasteiger partial charge in [-0.2, -0.15) is 0 Å². The first-order chi connectivity index (χ1) is 6.20. The number of pyridine rings is 1. The summed E-state index contributed by atoms with van der Waals surface area (Å²) in [5.74, 6) is 0.720. The van der Waals surface area contributed by atoms with Gasteiger partial charge in [0.25, 0.3) is 0 Å². The number of nitrogens with two attached hydrogens (primary N) is 1. The van der Waals surface area contributed by atoms with E-state index in [1.165, 1.54) is 0 Å². The molecule has 1 aromatic heterocycles. The predicted octanol–water partition coefficient (Wildman–Crippen LogP) is 0.391. The Morgan fingerprint density at radius 1 is 1.69 bits per heavy atom. The molecule has 0 saturated heterocycles. The predicted molar refractivity (Wildman–Crippen MR) is 49.5 cm³/mol. The number of methoxy groups -OCH3 is 1. The van der Waals surface area contributed by atoms with Crippen molar-refractivity contribution in [1.82, 2.24) is 4.98 Å². The van der Waals surface area contributed by atoms with Gasteiger partial charge in [0.15, 0.2) is 0 Å². The van der Waals surface area contributed by atoms with Gasteiger partial charge in [-0.25, -0.2) is 0 Å². The summed E-state index contributed by atoms with van der Waals surface area (Å²) in [6, 6.07) is 1.75. The number of aliphatic hydroxyl groups excluding tert-OH is 1. The van der Waals surface area contributed by atoms with Crippen molar-refractivity contribution in [2.24, 2.45) is 5.73 Å². The molecular weight excluding hydrogens is 168 g/mol. The lowest BCUT2D eigenvalue weighted by Crippen LogP contribution is -2.14. The van der Waals surface area contributed by atoms with Crippen LogP contribution in [-0.4, -0.2) is 23.7 Å². The van der Waals surface area contributed by atoms with Gasteiger partial charge >= 0.3 is 0 Å². The van der Waals surface area contributed by atoms with Crippen LogP contribution < -0.4 is 10.5 Å². The smallest absolute Gasteiger partial charge is 0.125 e. The lowest BCUT2D eigenvalue weighted by atomic mass is 10.1. The van der Waals surface area contributed by atoms with E-state index in [9.17, 15) is 5.11 Å². The second-order valence-corrected chi connectivity index (χ2v) is 2.77. The molecule has 0 aromatic carbocycles. The van der Waals surface area contributed by atoms with Crippen molar-refractivity contribution in [3.63, 3.8) is 0 Å². The molecule has 1 atom stereocenters. The fourth-order valence-electron chi connectivity index (χ4n) is 1.20. The number of aliphatic hydroxyl groups is 1. The minimum Gasteiger partial charge on any atom is -0.496 e. The first kappa shape index (κ1) is 9.95. The van der Waals surface area contributed by atoms with Crippen LogP contribution in [0.5, 0.6) is 5.75 Å². The van der Waals surface area contributed by atoms with Crippen LogP contribution in [0.2, 0.25) is 0 Å². The highest BCUT2D eigenvalue weighted by molar-refractivity contribution is 5.35. The molecule has 0 aliphatic heterocycles. The van der Waals surface area contributed by atoms with Gasteiger partial charge in [0, 0.05) is 18.3 Å². The molecule has 4 heteroatoms. The Labute approximate surface area is 77.4 Å². The summed E-state index contributed by atoms with van der Waals surface area (Å²) in [4.78, 5) is 4.05. The minimum absolute atomic E-state index is 0.168. The van der Waals surface area contributed by atoms with Crippen molar-refractivity contribution < 1.29 is 9.84 Å². The molecule has 72 valence electrons. The summed E-state index contributed by atoms with van der Waals surface area (Å²) < 4.78 is 5.09. The van der Waals surface area contributed by atoms with Crippen molar-refractivity contribution in [2.45, 2.75) is 13.0 Å². The van der Waals surface area contributed by atoms with Crippen LogP contribution in [0.4, 0.5) is 0 Å². The van der Waals surface area contributed by atoms with Gasteiger partial charge in [-0.1, -0.05) is 0 Å². The molecule has 13 heavy (non-hydrogen) atoms. The molecule has 1 heterocycles. The molecule has 3 N–H and O–H groups in total. The maximum absolute atomic E-state index is 9.49. The van der Waals surface area contributed by atoms with Crippen LogP contribution in [0.3, 0.4) is 0 Å². The molecule has 1 unspecified atom stereocenters. The quantitative estimate of drug-likeness (QED) is 0.709. The summed E-state index contributed by atoms with van der Waals surface area (Å²) in [7, 11) is 1.58. The lowest BCUT2D eigenvalue weighted by Gasteiger charge is -2.12. The van der Waals surface area contributed by atoms with Crippen LogP contribution >= 0.6 is 0 Å². The normalized spacial score (nSPS) is 12.6. The minimum atomic E-state index is -0.713. The first-order valence-corrected chi connectivity index (χ1v) is 4.08. The monoisotopic (exact) mass is 182 g/mol. The molecule has 1 aromatic rings. The number of rotatable bonds is 3. The summed E-state index contributed by atoms with van der Waals surface area (Å²) in [5.41, 5.74) is 6.75. The Balaban J connectivity index is 3.08. The number of hydrogen-bond donors (Lipinski definition) is 2. The molecule has 0 radical (unpaired) electrons. The maximum Gasteiger partial charge on any atom is 0.125 e. The van der Waals surface area contributed by atoms with E-state index in [1.54, 1.807) is 19.4 Å². The van der Waals surface area contributed by atoms with Crippen molar-refractivity contribution in [2.75, 3.05) is 13.7 Å². The summed E-state index contributed by atoms with van der Waals surface area (Å²) >= 11 is 0. The van der Waals surface area contributed by atoms with E-state index in [1.807, 2.05) is 6.92 Å². The molecule has 0 fully saturated rings. The summed E-state index contributed by atoms with van der Waals surface area (Å²) in [6.45, 7) is 2.01. The molecule has 0 amide bonds. The van der Waals surface area contributed by atoms with Gasteiger partial charge in [0.1, 0.15) is 11.9 Å². The van der Waals surface area contributed by atoms with Crippen LogP contribution in [0.25, 0.3) is 0 Å². The van der Waals surface area contributed by atoms with E-state index in [2.05, 4.69) is 4.98 Å². The van der Waals surface area contributed by atoms with Gasteiger partial charge in [0.2, 0.25) is 0 Å². The van der Waals surface area contributed by atoms with Crippen molar-refractivity contribution in [3.8, 4) is 5.75 Å². The van der Waals surface area contributed by atoms with Crippen LogP contribution in [0.1, 0.15) is 17.4 Å². The van der Waals surface area contributed by atoms with Crippen LogP contribution in [0.15, 0.2) is 12.3 Å². The van der Waals surface area contributed by atoms with Gasteiger partial charge in [-0.05, 0) is 13.0 Å². The standard InChI is InChI=1S/C9H14N2O2/c1-6-8(13-2)3-4-11-9(6)7(12)5-10/h3-4,7,12H,5,10H2,1-2H3. The number of nitrogens with zero attached hydrogens (tertiary/aromatic N) is 1. The lowest BCUT2D eigenvalue weighted by molar-refractivity contribution is 0.180. The van der Waals surface area contributed by atoms with E-state index in [0.29, 0.717) is 5.69 Å². The number of hydrogen-bond acceptors (Lipinski definition) is 4. The Morgan fingerprint density at radius 2 is 2.38 bits per heavy atom. The van der Waals surface area contributed by atoms with Gasteiger partial charge in [-0.15, -0.1) is 0 Å². The zero-order chi connectivity index (χ0) is 9.84. The third kappa shape index (κ3) is 1.96. The molecule has 0 bridgehead atoms. The van der Waals surface area contributed by atoms with Gasteiger partial charge < -0.3 is 15.6 Å². The molecular formula is C9H14N2O2. The number of aromatic nitrogens is 1. The highest BCUT2D eigenvalue weighted by Gasteiger charge is 2.12. The molecule has 1 rings (SSSR count). The highest BCUT2D eigenvalue weighted by atomic mass is 16.5. The van der Waals surface area contributed by atoms with Crippen molar-refractivity contribution in [3.05, 3.63) is 23.5 Å². The van der Waals surface area contributed by atoms with Crippen molar-refractivity contribution in [1.29, 1.82) is 0 Å². The topological polar surface area (TPSA) is 68.4 Å². The zero-order valence-corrected chi connectivity index (χ0v) is 7.82. The van der Waals surface area contributed by atoms with E-state index in [4.69, 9.17) is 10.5 Å². The summed E-state index contributed by atoms with van der Waals surface area (Å²) in [5, 5.41) is 9.49. The van der Waals surface area contributed by atoms with Gasteiger partial charge in [0.05, 0.1) is 12.8 Å². The van der Waals surface area contributed by atoms with E-state index in [0.717, 1.165) is 11.3 Å². The average Bonchev–Trinajstić information content (AvgIpc) is 2.17. The van der Waals surface area contributed by atoms with E-state index in [-0.39, 0.29) is 6.54 Å². The highest BCUT2D eigenvalue weighted by Crippen LogP contribution is 2.22. The maximum atomic E-state index is 9.49. The number of ether oxygens (including phenoxy) is 1. The Kier molecular flexibility index (Phi) is 3.22. The Morgan fingerprint density at radius 3 is 2.92 bits per heavy atom. The summed E-state index contributed by atoms with van der Waals surface area (Å²) in [6.07, 6.45) is 0.884. The molecule has 0 aliphatic carbocycles. The van der Waals surface area contributed by atoms with Crippen LogP contribution in [0, 0.1) is 6.92 Å². The molecule has 0 spiro atoms. The fourth-order valence-corrected chi connectivity index (χ4v) is 1.20. The van der Waals surface area contributed by atoms with Gasteiger partial charge in [-0.3, -0.25) is 4.98 Å². The average molecular weight is 182 g/mol. The third-order valence-electron chi connectivity index (χ3n) is 1.95. The largest absolute Gasteiger partial charge is 0.496 e. The Bertz CT molecular complexity index is 289. The molecule has 0 aliphatic rings. The van der Waals surface area contributed by atoms with E-state index < -0.39 is 6.10 Å². The van der Waals surface area contributed by atoms with Crippen LogP contribution in [-0.2, 0) is 0 Å². The first-order valence-electron chi connectivity index (χ1n) is 4.08. The zero-order valence-electron chi connectivity index (χ0n) is 7.82. The SMILES string of the molecule is COc1ccnc(C(O)CN)c1C. The Hall–Kier alpha value is -1.13. The van der Waals surface area contributed by atoms with Crippen molar-refractivity contribution >= 4 is 0 Å². The third-order valence-corrected chi connectivity index (χ3v) is 1.95. The molecule has 4 nitrogen and oxygen atoms in total. The van der Waals surface area contributed by atoms with E-state index >= 15 is 0 Å². The second kappa shape index (κ2) is 4.20. The second-order valence-electron chi connectivity index (χ2n) is 2.77.